The molecule has 1 N–H and O–H groups in total. The predicted octanol–water partition coefficient (Wildman–Crippen LogP) is 4.31. The van der Waals surface area contributed by atoms with Gasteiger partial charge in [-0.25, -0.2) is 18.1 Å². The number of ether oxygens (including phenoxy) is 1. The fraction of sp³-hybridized carbons (Fsp3) is 0.227. The summed E-state index contributed by atoms with van der Waals surface area (Å²) in [5.74, 6) is 1.04. The summed E-state index contributed by atoms with van der Waals surface area (Å²) < 4.78 is 33.4. The van der Waals surface area contributed by atoms with E-state index in [9.17, 15) is 8.42 Å². The minimum Gasteiger partial charge on any atom is -0.473 e. The standard InChI is InChI=1S/C22H23ClN2O3S/c23-13-4-7-18-8-10-21(11-9-18)29(26,27)25-16-20-12-14-24-22(15-20)28-17-19-5-2-1-3-6-19/h1-3,5-6,8-12,14-15,25H,4,7,13,16-17H2. The Balaban J connectivity index is 1.58. The van der Waals surface area contributed by atoms with Gasteiger partial charge in [0.15, 0.2) is 0 Å². The van der Waals surface area contributed by atoms with E-state index in [0.717, 1.165) is 29.5 Å². The number of alkyl halides is 1. The lowest BCUT2D eigenvalue weighted by Crippen LogP contribution is -2.23. The summed E-state index contributed by atoms with van der Waals surface area (Å²) >= 11 is 5.70. The van der Waals surface area contributed by atoms with Crippen LogP contribution in [0.25, 0.3) is 0 Å². The highest BCUT2D eigenvalue weighted by atomic mass is 35.5. The molecule has 0 radical (unpaired) electrons. The van der Waals surface area contributed by atoms with Crippen LogP contribution in [-0.2, 0) is 29.6 Å². The van der Waals surface area contributed by atoms with Crippen molar-refractivity contribution in [3.63, 3.8) is 0 Å². The van der Waals surface area contributed by atoms with Crippen molar-refractivity contribution in [3.05, 3.63) is 89.6 Å². The van der Waals surface area contributed by atoms with Crippen molar-refractivity contribution in [2.24, 2.45) is 0 Å². The fourth-order valence-corrected chi connectivity index (χ4v) is 3.89. The highest BCUT2D eigenvalue weighted by Crippen LogP contribution is 2.15. The first kappa shape index (κ1) is 21.3. The average Bonchev–Trinajstić information content (AvgIpc) is 2.76. The quantitative estimate of drug-likeness (QED) is 0.486. The molecular weight excluding hydrogens is 408 g/mol. The first-order chi connectivity index (χ1) is 14.1. The van der Waals surface area contributed by atoms with E-state index in [4.69, 9.17) is 16.3 Å². The topological polar surface area (TPSA) is 68.3 Å². The van der Waals surface area contributed by atoms with Crippen molar-refractivity contribution in [1.29, 1.82) is 0 Å². The number of nitrogens with one attached hydrogen (secondary N) is 1. The largest absolute Gasteiger partial charge is 0.473 e. The zero-order chi connectivity index (χ0) is 20.5. The highest BCUT2D eigenvalue weighted by molar-refractivity contribution is 7.89. The summed E-state index contributed by atoms with van der Waals surface area (Å²) in [5, 5.41) is 0. The number of halogens is 1. The summed E-state index contributed by atoms with van der Waals surface area (Å²) in [7, 11) is -3.60. The van der Waals surface area contributed by atoms with Crippen molar-refractivity contribution in [2.75, 3.05) is 5.88 Å². The Kier molecular flexibility index (Phi) is 7.63. The molecule has 0 saturated carbocycles. The molecule has 152 valence electrons. The molecule has 0 saturated heterocycles. The lowest BCUT2D eigenvalue weighted by molar-refractivity contribution is 0.293. The second-order valence-corrected chi connectivity index (χ2v) is 8.68. The number of pyridine rings is 1. The smallest absolute Gasteiger partial charge is 0.240 e. The maximum absolute atomic E-state index is 12.5. The normalized spacial score (nSPS) is 11.3. The minimum absolute atomic E-state index is 0.153. The summed E-state index contributed by atoms with van der Waals surface area (Å²) in [4.78, 5) is 4.42. The first-order valence-corrected chi connectivity index (χ1v) is 11.3. The van der Waals surface area contributed by atoms with Crippen molar-refractivity contribution in [3.8, 4) is 5.88 Å². The van der Waals surface area contributed by atoms with Crippen molar-refractivity contribution < 1.29 is 13.2 Å². The van der Waals surface area contributed by atoms with E-state index in [2.05, 4.69) is 9.71 Å². The van der Waals surface area contributed by atoms with E-state index in [-0.39, 0.29) is 11.4 Å². The monoisotopic (exact) mass is 430 g/mol. The third-order valence-corrected chi connectivity index (χ3v) is 6.01. The second-order valence-electron chi connectivity index (χ2n) is 6.54. The molecule has 3 aromatic rings. The predicted molar refractivity (Wildman–Crippen MR) is 115 cm³/mol. The maximum atomic E-state index is 12.5. The number of hydrogen-bond acceptors (Lipinski definition) is 4. The van der Waals surface area contributed by atoms with Crippen LogP contribution in [-0.4, -0.2) is 19.3 Å². The number of aryl methyl sites for hydroxylation is 1. The van der Waals surface area contributed by atoms with Crippen molar-refractivity contribution in [2.45, 2.75) is 30.9 Å². The van der Waals surface area contributed by atoms with Crippen LogP contribution >= 0.6 is 11.6 Å². The number of rotatable bonds is 10. The number of aromatic nitrogens is 1. The Morgan fingerprint density at radius 1 is 0.931 bits per heavy atom. The lowest BCUT2D eigenvalue weighted by Gasteiger charge is -2.09. The van der Waals surface area contributed by atoms with Crippen LogP contribution in [0.5, 0.6) is 5.88 Å². The van der Waals surface area contributed by atoms with Gasteiger partial charge in [0.1, 0.15) is 6.61 Å². The van der Waals surface area contributed by atoms with Gasteiger partial charge in [-0.05, 0) is 47.7 Å². The van der Waals surface area contributed by atoms with Gasteiger partial charge in [0.25, 0.3) is 0 Å². The highest BCUT2D eigenvalue weighted by Gasteiger charge is 2.14. The van der Waals surface area contributed by atoms with E-state index in [1.54, 1.807) is 30.5 Å². The third-order valence-electron chi connectivity index (χ3n) is 4.33. The Hall–Kier alpha value is -2.41. The molecule has 0 spiro atoms. The van der Waals surface area contributed by atoms with E-state index >= 15 is 0 Å². The van der Waals surface area contributed by atoms with E-state index in [0.29, 0.717) is 18.4 Å². The molecule has 0 amide bonds. The van der Waals surface area contributed by atoms with Gasteiger partial charge in [-0.2, -0.15) is 0 Å². The van der Waals surface area contributed by atoms with Crippen LogP contribution < -0.4 is 9.46 Å². The zero-order valence-corrected chi connectivity index (χ0v) is 17.5. The molecule has 0 atom stereocenters. The number of nitrogens with zero attached hydrogens (tertiary/aromatic N) is 1. The van der Waals surface area contributed by atoms with E-state index in [1.807, 2.05) is 42.5 Å². The van der Waals surface area contributed by atoms with E-state index in [1.165, 1.54) is 0 Å². The van der Waals surface area contributed by atoms with Gasteiger partial charge in [-0.1, -0.05) is 42.5 Å². The van der Waals surface area contributed by atoms with Crippen LogP contribution in [0.1, 0.15) is 23.1 Å². The summed E-state index contributed by atoms with van der Waals surface area (Å²) in [6, 6.07) is 20.2. The molecule has 29 heavy (non-hydrogen) atoms. The van der Waals surface area contributed by atoms with Crippen LogP contribution in [0.15, 0.2) is 77.8 Å². The minimum atomic E-state index is -3.60. The van der Waals surface area contributed by atoms with Crippen LogP contribution in [0.3, 0.4) is 0 Å². The second kappa shape index (κ2) is 10.4. The lowest BCUT2D eigenvalue weighted by atomic mass is 10.1. The molecule has 1 aromatic heterocycles. The Labute approximate surface area is 176 Å². The molecular formula is C22H23ClN2O3S. The molecule has 0 aliphatic heterocycles. The Bertz CT molecular complexity index is 1010. The van der Waals surface area contributed by atoms with Gasteiger partial charge in [0, 0.05) is 24.7 Å². The van der Waals surface area contributed by atoms with Gasteiger partial charge in [0.05, 0.1) is 4.90 Å². The zero-order valence-electron chi connectivity index (χ0n) is 15.9. The van der Waals surface area contributed by atoms with Gasteiger partial charge < -0.3 is 4.74 Å². The SMILES string of the molecule is O=S(=O)(NCc1ccnc(OCc2ccccc2)c1)c1ccc(CCCCl)cc1. The van der Waals surface area contributed by atoms with Crippen LogP contribution in [0, 0.1) is 0 Å². The summed E-state index contributed by atoms with van der Waals surface area (Å²) in [6.45, 7) is 0.555. The van der Waals surface area contributed by atoms with Gasteiger partial charge >= 0.3 is 0 Å². The van der Waals surface area contributed by atoms with Gasteiger partial charge in [-0.3, -0.25) is 0 Å². The third kappa shape index (κ3) is 6.56. The molecule has 0 bridgehead atoms. The van der Waals surface area contributed by atoms with Crippen LogP contribution in [0.2, 0.25) is 0 Å². The number of benzene rings is 2. The van der Waals surface area contributed by atoms with Crippen molar-refractivity contribution in [1.82, 2.24) is 9.71 Å². The molecule has 0 unspecified atom stereocenters. The van der Waals surface area contributed by atoms with Crippen molar-refractivity contribution >= 4 is 21.6 Å². The summed E-state index contributed by atoms with van der Waals surface area (Å²) in [6.07, 6.45) is 3.30. The Morgan fingerprint density at radius 2 is 1.69 bits per heavy atom. The molecule has 1 heterocycles. The molecule has 2 aromatic carbocycles. The summed E-state index contributed by atoms with van der Waals surface area (Å²) in [5.41, 5.74) is 2.87. The fourth-order valence-electron chi connectivity index (χ4n) is 2.74. The molecule has 0 aliphatic rings. The maximum Gasteiger partial charge on any atom is 0.240 e. The Morgan fingerprint density at radius 3 is 2.41 bits per heavy atom. The molecule has 3 rings (SSSR count). The molecule has 5 nitrogen and oxygen atoms in total. The van der Waals surface area contributed by atoms with Gasteiger partial charge in [0.2, 0.25) is 15.9 Å². The first-order valence-electron chi connectivity index (χ1n) is 9.33. The van der Waals surface area contributed by atoms with E-state index < -0.39 is 10.0 Å². The molecule has 0 aliphatic carbocycles. The molecule has 0 fully saturated rings. The van der Waals surface area contributed by atoms with Crippen LogP contribution in [0.4, 0.5) is 0 Å². The number of hydrogen-bond donors (Lipinski definition) is 1. The average molecular weight is 431 g/mol. The van der Waals surface area contributed by atoms with Gasteiger partial charge in [-0.15, -0.1) is 11.6 Å². The number of sulfonamides is 1. The molecule has 7 heteroatoms.